The molecule has 0 aromatic carbocycles. The molecule has 0 atom stereocenters. The number of methoxy groups -OCH3 is 1. The zero-order chi connectivity index (χ0) is 12.1. The Kier molecular flexibility index (Phi) is 4.39. The minimum Gasteiger partial charge on any atom is -0.383 e. The maximum atomic E-state index is 5.06. The molecule has 0 unspecified atom stereocenters. The fraction of sp³-hybridized carbons (Fsp3) is 0.750. The second-order valence-electron chi connectivity index (χ2n) is 4.66. The molecule has 0 radical (unpaired) electrons. The van der Waals surface area contributed by atoms with Crippen LogP contribution in [0.25, 0.3) is 0 Å². The molecule has 1 fully saturated rings. The highest BCUT2D eigenvalue weighted by atomic mass is 16.5. The predicted octanol–water partition coefficient (Wildman–Crippen LogP) is 1.04. The molecule has 2 rings (SSSR count). The van der Waals surface area contributed by atoms with Crippen LogP contribution in [0.2, 0.25) is 0 Å². The van der Waals surface area contributed by atoms with E-state index in [2.05, 4.69) is 26.8 Å². The smallest absolute Gasteiger partial charge is 0.203 e. The number of anilines is 1. The van der Waals surface area contributed by atoms with Crippen molar-refractivity contribution in [3.05, 3.63) is 12.4 Å². The zero-order valence-corrected chi connectivity index (χ0v) is 10.7. The Balaban J connectivity index is 1.75. The van der Waals surface area contributed by atoms with Gasteiger partial charge in [0.1, 0.15) is 0 Å². The summed E-state index contributed by atoms with van der Waals surface area (Å²) in [5, 5.41) is 3.44. The summed E-state index contributed by atoms with van der Waals surface area (Å²) in [6, 6.07) is 0.655. The van der Waals surface area contributed by atoms with Gasteiger partial charge in [-0.25, -0.2) is 4.98 Å². The van der Waals surface area contributed by atoms with Crippen molar-refractivity contribution in [3.8, 4) is 0 Å². The first-order chi connectivity index (χ1) is 8.29. The molecule has 96 valence electrons. The van der Waals surface area contributed by atoms with Gasteiger partial charge in [-0.3, -0.25) is 0 Å². The SMILES string of the molecule is COCCN(C)CCn1ccnc1NC1CC1. The molecule has 0 saturated heterocycles. The standard InChI is InChI=1S/C12H22N4O/c1-15(9-10-17-2)7-8-16-6-5-13-12(16)14-11-3-4-11/h5-6,11H,3-4,7-10H2,1-2H3,(H,13,14). The van der Waals surface area contributed by atoms with Crippen LogP contribution >= 0.6 is 0 Å². The van der Waals surface area contributed by atoms with E-state index in [-0.39, 0.29) is 0 Å². The monoisotopic (exact) mass is 238 g/mol. The fourth-order valence-corrected chi connectivity index (χ4v) is 1.68. The van der Waals surface area contributed by atoms with E-state index in [4.69, 9.17) is 4.74 Å². The van der Waals surface area contributed by atoms with E-state index in [0.717, 1.165) is 32.2 Å². The molecule has 0 aliphatic heterocycles. The normalized spacial score (nSPS) is 15.5. The van der Waals surface area contributed by atoms with Crippen LogP contribution in [-0.2, 0) is 11.3 Å². The Labute approximate surface area is 103 Å². The van der Waals surface area contributed by atoms with Crippen LogP contribution < -0.4 is 5.32 Å². The van der Waals surface area contributed by atoms with E-state index < -0.39 is 0 Å². The largest absolute Gasteiger partial charge is 0.383 e. The first-order valence-electron chi connectivity index (χ1n) is 6.24. The number of nitrogens with zero attached hydrogens (tertiary/aromatic N) is 3. The van der Waals surface area contributed by atoms with E-state index in [9.17, 15) is 0 Å². The number of likely N-dealkylation sites (N-methyl/N-ethyl adjacent to an activating group) is 1. The van der Waals surface area contributed by atoms with Crippen LogP contribution in [0.5, 0.6) is 0 Å². The van der Waals surface area contributed by atoms with Gasteiger partial charge in [0, 0.05) is 45.2 Å². The van der Waals surface area contributed by atoms with Gasteiger partial charge in [0.05, 0.1) is 6.61 Å². The molecule has 1 N–H and O–H groups in total. The van der Waals surface area contributed by atoms with Gasteiger partial charge in [-0.15, -0.1) is 0 Å². The molecule has 1 aliphatic rings. The summed E-state index contributed by atoms with van der Waals surface area (Å²) in [5.74, 6) is 1.01. The van der Waals surface area contributed by atoms with Crippen molar-refractivity contribution >= 4 is 5.95 Å². The third kappa shape index (κ3) is 4.02. The Bertz CT molecular complexity index is 335. The highest BCUT2D eigenvalue weighted by molar-refractivity contribution is 5.29. The molecule has 1 saturated carbocycles. The Morgan fingerprint density at radius 2 is 2.35 bits per heavy atom. The zero-order valence-electron chi connectivity index (χ0n) is 10.7. The van der Waals surface area contributed by atoms with Gasteiger partial charge in [0.15, 0.2) is 0 Å². The number of ether oxygens (including phenoxy) is 1. The minimum absolute atomic E-state index is 0.655. The summed E-state index contributed by atoms with van der Waals surface area (Å²) in [4.78, 5) is 6.61. The van der Waals surface area contributed by atoms with Crippen molar-refractivity contribution < 1.29 is 4.74 Å². The average molecular weight is 238 g/mol. The molecule has 5 nitrogen and oxygen atoms in total. The van der Waals surface area contributed by atoms with Gasteiger partial charge >= 0.3 is 0 Å². The molecule has 0 spiro atoms. The third-order valence-electron chi connectivity index (χ3n) is 3.03. The molecular weight excluding hydrogens is 216 g/mol. The molecule has 0 bridgehead atoms. The van der Waals surface area contributed by atoms with Crippen molar-refractivity contribution in [1.82, 2.24) is 14.5 Å². The average Bonchev–Trinajstić information content (AvgIpc) is 3.03. The number of hydrogen-bond donors (Lipinski definition) is 1. The van der Waals surface area contributed by atoms with E-state index in [1.165, 1.54) is 12.8 Å². The van der Waals surface area contributed by atoms with Gasteiger partial charge in [0.25, 0.3) is 0 Å². The summed E-state index contributed by atoms with van der Waals surface area (Å²) in [7, 11) is 3.85. The van der Waals surface area contributed by atoms with Crippen LogP contribution in [0, 0.1) is 0 Å². The lowest BCUT2D eigenvalue weighted by atomic mass is 10.5. The number of imidazole rings is 1. The van der Waals surface area contributed by atoms with E-state index >= 15 is 0 Å². The van der Waals surface area contributed by atoms with Gasteiger partial charge in [-0.2, -0.15) is 0 Å². The molecule has 1 aromatic rings. The van der Waals surface area contributed by atoms with Crippen molar-refractivity contribution in [2.24, 2.45) is 0 Å². The number of nitrogens with one attached hydrogen (secondary N) is 1. The van der Waals surface area contributed by atoms with Gasteiger partial charge in [0.2, 0.25) is 5.95 Å². The molecule has 1 heterocycles. The summed E-state index contributed by atoms with van der Waals surface area (Å²) in [6.07, 6.45) is 6.45. The first-order valence-corrected chi connectivity index (χ1v) is 6.24. The molecule has 5 heteroatoms. The quantitative estimate of drug-likeness (QED) is 0.734. The summed E-state index contributed by atoms with van der Waals surface area (Å²) in [5.41, 5.74) is 0. The van der Waals surface area contributed by atoms with Gasteiger partial charge < -0.3 is 19.5 Å². The molecule has 17 heavy (non-hydrogen) atoms. The van der Waals surface area contributed by atoms with Gasteiger partial charge in [-0.1, -0.05) is 0 Å². The number of hydrogen-bond acceptors (Lipinski definition) is 4. The molecular formula is C12H22N4O. The van der Waals surface area contributed by atoms with Crippen LogP contribution in [0.4, 0.5) is 5.95 Å². The third-order valence-corrected chi connectivity index (χ3v) is 3.03. The maximum Gasteiger partial charge on any atom is 0.203 e. The summed E-state index contributed by atoms with van der Waals surface area (Å²) in [6.45, 7) is 3.73. The minimum atomic E-state index is 0.655. The number of aromatic nitrogens is 2. The van der Waals surface area contributed by atoms with Crippen molar-refractivity contribution in [1.29, 1.82) is 0 Å². The highest BCUT2D eigenvalue weighted by Crippen LogP contribution is 2.23. The van der Waals surface area contributed by atoms with Gasteiger partial charge in [-0.05, 0) is 19.9 Å². The second-order valence-corrected chi connectivity index (χ2v) is 4.66. The van der Waals surface area contributed by atoms with Crippen molar-refractivity contribution in [2.75, 3.05) is 39.2 Å². The highest BCUT2D eigenvalue weighted by Gasteiger charge is 2.22. The predicted molar refractivity (Wildman–Crippen MR) is 68.2 cm³/mol. The number of rotatable bonds is 8. The lowest BCUT2D eigenvalue weighted by molar-refractivity contribution is 0.159. The Morgan fingerprint density at radius 1 is 1.53 bits per heavy atom. The van der Waals surface area contributed by atoms with E-state index in [1.807, 2.05) is 12.4 Å². The Hall–Kier alpha value is -1.07. The Morgan fingerprint density at radius 3 is 3.06 bits per heavy atom. The molecule has 1 aliphatic carbocycles. The maximum absolute atomic E-state index is 5.06. The van der Waals surface area contributed by atoms with Crippen LogP contribution in [0.15, 0.2) is 12.4 Å². The van der Waals surface area contributed by atoms with Crippen molar-refractivity contribution in [3.63, 3.8) is 0 Å². The van der Waals surface area contributed by atoms with E-state index in [1.54, 1.807) is 7.11 Å². The van der Waals surface area contributed by atoms with E-state index in [0.29, 0.717) is 6.04 Å². The topological polar surface area (TPSA) is 42.3 Å². The van der Waals surface area contributed by atoms with Crippen molar-refractivity contribution in [2.45, 2.75) is 25.4 Å². The second kappa shape index (κ2) is 6.02. The lowest BCUT2D eigenvalue weighted by Crippen LogP contribution is -2.27. The van der Waals surface area contributed by atoms with Crippen LogP contribution in [0.3, 0.4) is 0 Å². The molecule has 0 amide bonds. The summed E-state index contributed by atoms with van der Waals surface area (Å²) >= 11 is 0. The van der Waals surface area contributed by atoms with Crippen LogP contribution in [-0.4, -0.2) is 54.3 Å². The fourth-order valence-electron chi connectivity index (χ4n) is 1.68. The van der Waals surface area contributed by atoms with Crippen LogP contribution in [0.1, 0.15) is 12.8 Å². The summed E-state index contributed by atoms with van der Waals surface area (Å²) < 4.78 is 7.24. The first kappa shape index (κ1) is 12.4. The lowest BCUT2D eigenvalue weighted by Gasteiger charge is -2.17. The molecule has 1 aromatic heterocycles.